The van der Waals surface area contributed by atoms with Crippen molar-refractivity contribution in [1.82, 2.24) is 5.32 Å². The smallest absolute Gasteiger partial charge is 0.119 e. The lowest BCUT2D eigenvalue weighted by molar-refractivity contribution is 0.228. The second-order valence-corrected chi connectivity index (χ2v) is 6.01. The van der Waals surface area contributed by atoms with Crippen molar-refractivity contribution < 1.29 is 9.84 Å². The highest BCUT2D eigenvalue weighted by Gasteiger charge is 2.17. The van der Waals surface area contributed by atoms with E-state index in [4.69, 9.17) is 4.74 Å². The van der Waals surface area contributed by atoms with Gasteiger partial charge in [0, 0.05) is 6.04 Å². The summed E-state index contributed by atoms with van der Waals surface area (Å²) in [6.45, 7) is 3.00. The quantitative estimate of drug-likeness (QED) is 0.750. The zero-order chi connectivity index (χ0) is 14.9. The first kappa shape index (κ1) is 16.3. The Labute approximate surface area is 128 Å². The fourth-order valence-electron chi connectivity index (χ4n) is 3.00. The van der Waals surface area contributed by atoms with E-state index in [0.717, 1.165) is 24.3 Å². The Balaban J connectivity index is 1.92. The molecule has 0 aliphatic heterocycles. The highest BCUT2D eigenvalue weighted by molar-refractivity contribution is 5.29. The van der Waals surface area contributed by atoms with Crippen molar-refractivity contribution in [2.24, 2.45) is 0 Å². The first-order chi connectivity index (χ1) is 10.3. The number of ether oxygens (including phenoxy) is 1. The molecule has 0 heterocycles. The highest BCUT2D eigenvalue weighted by atomic mass is 16.5. The van der Waals surface area contributed by atoms with Crippen LogP contribution >= 0.6 is 0 Å². The van der Waals surface area contributed by atoms with Gasteiger partial charge in [-0.25, -0.2) is 0 Å². The van der Waals surface area contributed by atoms with E-state index in [1.807, 2.05) is 12.1 Å². The van der Waals surface area contributed by atoms with Crippen molar-refractivity contribution in [1.29, 1.82) is 0 Å². The van der Waals surface area contributed by atoms with Gasteiger partial charge < -0.3 is 15.2 Å². The molecule has 0 radical (unpaired) electrons. The summed E-state index contributed by atoms with van der Waals surface area (Å²) in [6.07, 6.45) is 8.79. The van der Waals surface area contributed by atoms with Crippen molar-refractivity contribution >= 4 is 0 Å². The van der Waals surface area contributed by atoms with Crippen molar-refractivity contribution in [3.8, 4) is 5.75 Å². The summed E-state index contributed by atoms with van der Waals surface area (Å²) in [7, 11) is 0. The average Bonchev–Trinajstić information content (AvgIpc) is 2.80. The molecule has 1 aromatic carbocycles. The van der Waals surface area contributed by atoms with Crippen LogP contribution in [-0.2, 0) is 0 Å². The van der Waals surface area contributed by atoms with Crippen molar-refractivity contribution in [3.05, 3.63) is 29.8 Å². The summed E-state index contributed by atoms with van der Waals surface area (Å²) in [4.78, 5) is 0. The summed E-state index contributed by atoms with van der Waals surface area (Å²) in [5.41, 5.74) is 1.14. The van der Waals surface area contributed by atoms with Crippen molar-refractivity contribution in [2.75, 3.05) is 13.2 Å². The van der Waals surface area contributed by atoms with Gasteiger partial charge in [0.05, 0.1) is 19.3 Å². The molecule has 1 saturated carbocycles. The molecule has 1 atom stereocenters. The van der Waals surface area contributed by atoms with E-state index in [2.05, 4.69) is 24.4 Å². The lowest BCUT2D eigenvalue weighted by Gasteiger charge is -2.24. The van der Waals surface area contributed by atoms with Crippen LogP contribution in [0, 0.1) is 0 Å². The standard InChI is InChI=1S/C18H29NO2/c1-2-13-21-17-11-9-15(10-12-17)18(14-20)19-16-7-5-3-4-6-8-16/h9-12,16,18-20H,2-8,13-14H2,1H3. The van der Waals surface area contributed by atoms with E-state index in [-0.39, 0.29) is 12.6 Å². The Morgan fingerprint density at radius 1 is 1.14 bits per heavy atom. The minimum Gasteiger partial charge on any atom is -0.494 e. The van der Waals surface area contributed by atoms with Crippen LogP contribution in [0.4, 0.5) is 0 Å². The zero-order valence-electron chi connectivity index (χ0n) is 13.2. The maximum Gasteiger partial charge on any atom is 0.119 e. The molecule has 2 rings (SSSR count). The number of benzene rings is 1. The molecule has 0 saturated heterocycles. The number of rotatable bonds is 7. The Morgan fingerprint density at radius 3 is 2.38 bits per heavy atom. The number of aliphatic hydroxyl groups excluding tert-OH is 1. The molecule has 1 aliphatic rings. The van der Waals surface area contributed by atoms with Crippen LogP contribution in [0.1, 0.15) is 63.5 Å². The third kappa shape index (κ3) is 5.33. The topological polar surface area (TPSA) is 41.5 Å². The van der Waals surface area contributed by atoms with E-state index in [0.29, 0.717) is 6.04 Å². The Morgan fingerprint density at radius 2 is 1.81 bits per heavy atom. The van der Waals surface area contributed by atoms with Crippen LogP contribution in [-0.4, -0.2) is 24.4 Å². The predicted molar refractivity (Wildman–Crippen MR) is 86.7 cm³/mol. The molecule has 1 fully saturated rings. The first-order valence-electron chi connectivity index (χ1n) is 8.43. The van der Waals surface area contributed by atoms with E-state index >= 15 is 0 Å². The van der Waals surface area contributed by atoms with Crippen LogP contribution in [0.3, 0.4) is 0 Å². The van der Waals surface area contributed by atoms with Crippen molar-refractivity contribution in [3.63, 3.8) is 0 Å². The van der Waals surface area contributed by atoms with Gasteiger partial charge in [0.2, 0.25) is 0 Å². The summed E-state index contributed by atoms with van der Waals surface area (Å²) in [6, 6.07) is 8.71. The van der Waals surface area contributed by atoms with E-state index in [9.17, 15) is 5.11 Å². The second-order valence-electron chi connectivity index (χ2n) is 6.01. The maximum atomic E-state index is 9.70. The van der Waals surface area contributed by atoms with Gasteiger partial charge in [-0.3, -0.25) is 0 Å². The Hall–Kier alpha value is -1.06. The van der Waals surface area contributed by atoms with Gasteiger partial charge in [-0.2, -0.15) is 0 Å². The van der Waals surface area contributed by atoms with Gasteiger partial charge in [0.15, 0.2) is 0 Å². The second kappa shape index (κ2) is 9.06. The monoisotopic (exact) mass is 291 g/mol. The number of aliphatic hydroxyl groups is 1. The van der Waals surface area contributed by atoms with Gasteiger partial charge in [0.1, 0.15) is 5.75 Å². The Bertz CT molecular complexity index is 383. The molecule has 1 unspecified atom stereocenters. The SMILES string of the molecule is CCCOc1ccc(C(CO)NC2CCCCCC2)cc1. The first-order valence-corrected chi connectivity index (χ1v) is 8.43. The van der Waals surface area contributed by atoms with Crippen molar-refractivity contribution in [2.45, 2.75) is 64.0 Å². The van der Waals surface area contributed by atoms with Crippen LogP contribution in [0.25, 0.3) is 0 Å². The minimum absolute atomic E-state index is 0.0355. The summed E-state index contributed by atoms with van der Waals surface area (Å²) < 4.78 is 5.61. The number of nitrogens with one attached hydrogen (secondary N) is 1. The molecule has 0 bridgehead atoms. The van der Waals surface area contributed by atoms with Gasteiger partial charge in [-0.1, -0.05) is 44.7 Å². The van der Waals surface area contributed by atoms with Gasteiger partial charge in [-0.15, -0.1) is 0 Å². The number of hydrogen-bond acceptors (Lipinski definition) is 3. The molecular weight excluding hydrogens is 262 g/mol. The van der Waals surface area contributed by atoms with Crippen LogP contribution in [0.5, 0.6) is 5.75 Å². The zero-order valence-corrected chi connectivity index (χ0v) is 13.2. The van der Waals surface area contributed by atoms with E-state index in [1.165, 1.54) is 38.5 Å². The Kier molecular flexibility index (Phi) is 7.04. The summed E-state index contributed by atoms with van der Waals surface area (Å²) >= 11 is 0. The molecule has 3 nitrogen and oxygen atoms in total. The molecule has 0 amide bonds. The van der Waals surface area contributed by atoms with Gasteiger partial charge in [-0.05, 0) is 37.0 Å². The van der Waals surface area contributed by atoms with Gasteiger partial charge in [0.25, 0.3) is 0 Å². The third-order valence-corrected chi connectivity index (χ3v) is 4.23. The third-order valence-electron chi connectivity index (χ3n) is 4.23. The average molecular weight is 291 g/mol. The van der Waals surface area contributed by atoms with Crippen LogP contribution in [0.15, 0.2) is 24.3 Å². The normalized spacial score (nSPS) is 18.2. The largest absolute Gasteiger partial charge is 0.494 e. The molecule has 0 aromatic heterocycles. The van der Waals surface area contributed by atoms with Crippen LogP contribution < -0.4 is 10.1 Å². The molecule has 1 aliphatic carbocycles. The minimum atomic E-state index is 0.0355. The fourth-order valence-corrected chi connectivity index (χ4v) is 3.00. The molecule has 118 valence electrons. The van der Waals surface area contributed by atoms with E-state index < -0.39 is 0 Å². The maximum absolute atomic E-state index is 9.70. The van der Waals surface area contributed by atoms with Gasteiger partial charge >= 0.3 is 0 Å². The molecule has 0 spiro atoms. The molecule has 3 heteroatoms. The lowest BCUT2D eigenvalue weighted by Crippen LogP contribution is -2.34. The highest BCUT2D eigenvalue weighted by Crippen LogP contribution is 2.22. The summed E-state index contributed by atoms with van der Waals surface area (Å²) in [5.74, 6) is 0.909. The molecular formula is C18H29NO2. The molecule has 1 aromatic rings. The molecule has 2 N–H and O–H groups in total. The lowest BCUT2D eigenvalue weighted by atomic mass is 10.0. The fraction of sp³-hybridized carbons (Fsp3) is 0.667. The van der Waals surface area contributed by atoms with Crippen LogP contribution in [0.2, 0.25) is 0 Å². The van der Waals surface area contributed by atoms with E-state index in [1.54, 1.807) is 0 Å². The molecule has 21 heavy (non-hydrogen) atoms. The summed E-state index contributed by atoms with van der Waals surface area (Å²) in [5, 5.41) is 13.3. The predicted octanol–water partition coefficient (Wildman–Crippen LogP) is 3.82. The number of hydrogen-bond donors (Lipinski definition) is 2.